The summed E-state index contributed by atoms with van der Waals surface area (Å²) in [5.74, 6) is -0.0463. The smallest absolute Gasteiger partial charge is 0.399 e. The number of hydrogen-bond acceptors (Lipinski definition) is 7. The molecule has 9 nitrogen and oxygen atoms in total. The van der Waals surface area contributed by atoms with Crippen molar-refractivity contribution in [3.05, 3.63) is 63.3 Å². The number of hydrogen-bond donors (Lipinski definition) is 0. The van der Waals surface area contributed by atoms with Crippen LogP contribution < -0.4 is 0 Å². The molecule has 3 aromatic rings. The summed E-state index contributed by atoms with van der Waals surface area (Å²) in [6, 6.07) is 10.0. The highest BCUT2D eigenvalue weighted by molar-refractivity contribution is 6.30. The summed E-state index contributed by atoms with van der Waals surface area (Å²) < 4.78 is 12.3. The molecule has 28 heavy (non-hydrogen) atoms. The number of furan rings is 1. The van der Waals surface area contributed by atoms with Gasteiger partial charge in [-0.25, -0.2) is 4.68 Å². The first-order valence-electron chi connectivity index (χ1n) is 8.57. The molecular formula is C18H16ClN5O4. The van der Waals surface area contributed by atoms with Crippen LogP contribution in [0.1, 0.15) is 5.56 Å². The van der Waals surface area contributed by atoms with Gasteiger partial charge in [-0.3, -0.25) is 15.1 Å². The molecule has 0 atom stereocenters. The summed E-state index contributed by atoms with van der Waals surface area (Å²) in [4.78, 5) is 10.4. The molecule has 2 aromatic heterocycles. The lowest BCUT2D eigenvalue weighted by molar-refractivity contribution is -0.401. The maximum atomic E-state index is 11.0. The van der Waals surface area contributed by atoms with Crippen molar-refractivity contribution >= 4 is 23.7 Å². The normalized spacial score (nSPS) is 14.7. The maximum absolute atomic E-state index is 11.0. The fraction of sp³-hybridized carbons (Fsp3) is 0.222. The van der Waals surface area contributed by atoms with E-state index >= 15 is 0 Å². The highest BCUT2D eigenvalue weighted by atomic mass is 35.5. The van der Waals surface area contributed by atoms with E-state index in [4.69, 9.17) is 20.8 Å². The van der Waals surface area contributed by atoms with E-state index in [-0.39, 0.29) is 5.88 Å². The van der Waals surface area contributed by atoms with Gasteiger partial charge in [0.05, 0.1) is 44.3 Å². The van der Waals surface area contributed by atoms with Gasteiger partial charge in [-0.2, -0.15) is 10.2 Å². The predicted octanol–water partition coefficient (Wildman–Crippen LogP) is 3.36. The summed E-state index contributed by atoms with van der Waals surface area (Å²) in [6.07, 6.45) is 3.46. The quantitative estimate of drug-likeness (QED) is 0.369. The van der Waals surface area contributed by atoms with Gasteiger partial charge in [-0.05, 0) is 30.3 Å². The van der Waals surface area contributed by atoms with Crippen LogP contribution >= 0.6 is 11.6 Å². The Bertz CT molecular complexity index is 1010. The Hall–Kier alpha value is -3.17. The van der Waals surface area contributed by atoms with Crippen LogP contribution in [0.5, 0.6) is 0 Å². The number of rotatable bonds is 5. The minimum atomic E-state index is -0.582. The summed E-state index contributed by atoms with van der Waals surface area (Å²) >= 11 is 5.95. The van der Waals surface area contributed by atoms with E-state index < -0.39 is 4.92 Å². The largest absolute Gasteiger partial charge is 0.433 e. The molecule has 0 spiro atoms. The molecule has 0 unspecified atom stereocenters. The van der Waals surface area contributed by atoms with E-state index in [2.05, 4.69) is 10.2 Å². The van der Waals surface area contributed by atoms with Crippen molar-refractivity contribution in [1.29, 1.82) is 0 Å². The first-order valence-corrected chi connectivity index (χ1v) is 8.95. The monoisotopic (exact) mass is 401 g/mol. The minimum Gasteiger partial charge on any atom is -0.399 e. The zero-order valence-corrected chi connectivity index (χ0v) is 15.5. The van der Waals surface area contributed by atoms with Crippen molar-refractivity contribution in [1.82, 2.24) is 14.8 Å². The third-order valence-electron chi connectivity index (χ3n) is 4.19. The summed E-state index contributed by atoms with van der Waals surface area (Å²) in [5, 5.41) is 22.5. The van der Waals surface area contributed by atoms with Crippen LogP contribution in [0.2, 0.25) is 5.02 Å². The van der Waals surface area contributed by atoms with Crippen LogP contribution in [0.15, 0.2) is 52.1 Å². The van der Waals surface area contributed by atoms with Gasteiger partial charge in [0.1, 0.15) is 10.6 Å². The van der Waals surface area contributed by atoms with Crippen LogP contribution in [0.4, 0.5) is 5.88 Å². The van der Waals surface area contributed by atoms with E-state index in [1.165, 1.54) is 12.1 Å². The van der Waals surface area contributed by atoms with E-state index in [0.29, 0.717) is 48.3 Å². The third-order valence-corrected chi connectivity index (χ3v) is 4.44. The first-order chi connectivity index (χ1) is 13.6. The summed E-state index contributed by atoms with van der Waals surface area (Å²) in [6.45, 7) is 2.64. The zero-order valence-electron chi connectivity index (χ0n) is 14.7. The fourth-order valence-electron chi connectivity index (χ4n) is 2.77. The molecule has 1 fully saturated rings. The Morgan fingerprint density at radius 2 is 1.93 bits per heavy atom. The zero-order chi connectivity index (χ0) is 19.5. The third kappa shape index (κ3) is 3.90. The molecule has 3 heterocycles. The lowest BCUT2D eigenvalue weighted by Gasteiger charge is -2.23. The van der Waals surface area contributed by atoms with Gasteiger partial charge in [0.15, 0.2) is 5.76 Å². The second kappa shape index (κ2) is 7.83. The standard InChI is InChI=1S/C18H16ClN5O4/c19-14-1-3-15(4-2-14)23-12-13(11-20-22-7-9-27-10-8-22)18(21-23)16-5-6-17(28-16)24(25)26/h1-6,11-12H,7-10H2. The molecule has 10 heteroatoms. The molecule has 144 valence electrons. The topological polar surface area (TPSA) is 98.9 Å². The highest BCUT2D eigenvalue weighted by Gasteiger charge is 2.19. The van der Waals surface area contributed by atoms with Crippen molar-refractivity contribution in [2.24, 2.45) is 5.10 Å². The van der Waals surface area contributed by atoms with Gasteiger partial charge >= 0.3 is 5.88 Å². The van der Waals surface area contributed by atoms with Gasteiger partial charge in [-0.1, -0.05) is 11.6 Å². The average Bonchev–Trinajstić information content (AvgIpc) is 3.35. The van der Waals surface area contributed by atoms with Gasteiger partial charge in [0.2, 0.25) is 0 Å². The summed E-state index contributed by atoms with van der Waals surface area (Å²) in [5.41, 5.74) is 1.92. The average molecular weight is 402 g/mol. The molecule has 1 aromatic carbocycles. The Labute approximate surface area is 164 Å². The number of hydrazone groups is 1. The number of nitro groups is 1. The fourth-order valence-corrected chi connectivity index (χ4v) is 2.89. The molecule has 0 bridgehead atoms. The SMILES string of the molecule is O=[N+]([O-])c1ccc(-c2nn(-c3ccc(Cl)cc3)cc2C=NN2CCOCC2)o1. The van der Waals surface area contributed by atoms with Gasteiger partial charge in [0, 0.05) is 16.8 Å². The summed E-state index contributed by atoms with van der Waals surface area (Å²) in [7, 11) is 0. The molecule has 0 N–H and O–H groups in total. The molecule has 0 saturated carbocycles. The molecule has 0 aliphatic carbocycles. The molecule has 0 radical (unpaired) electrons. The van der Waals surface area contributed by atoms with Crippen molar-refractivity contribution in [3.63, 3.8) is 0 Å². The highest BCUT2D eigenvalue weighted by Crippen LogP contribution is 2.28. The number of nitrogens with zero attached hydrogens (tertiary/aromatic N) is 5. The Morgan fingerprint density at radius 3 is 2.61 bits per heavy atom. The first kappa shape index (κ1) is 18.2. The second-order valence-corrected chi connectivity index (χ2v) is 6.50. The van der Waals surface area contributed by atoms with E-state index in [9.17, 15) is 10.1 Å². The molecule has 4 rings (SSSR count). The van der Waals surface area contributed by atoms with Crippen molar-refractivity contribution in [3.8, 4) is 17.1 Å². The maximum Gasteiger partial charge on any atom is 0.433 e. The second-order valence-electron chi connectivity index (χ2n) is 6.06. The number of benzene rings is 1. The van der Waals surface area contributed by atoms with Gasteiger partial charge in [0.25, 0.3) is 0 Å². The predicted molar refractivity (Wildman–Crippen MR) is 103 cm³/mol. The van der Waals surface area contributed by atoms with Gasteiger partial charge < -0.3 is 9.15 Å². The number of aromatic nitrogens is 2. The molecule has 1 aliphatic heterocycles. The van der Waals surface area contributed by atoms with Crippen LogP contribution in [0.3, 0.4) is 0 Å². The van der Waals surface area contributed by atoms with E-state index in [1.54, 1.807) is 29.2 Å². The number of halogens is 1. The molecule has 1 aliphatic rings. The van der Waals surface area contributed by atoms with Crippen LogP contribution in [0, 0.1) is 10.1 Å². The van der Waals surface area contributed by atoms with E-state index in [1.807, 2.05) is 17.1 Å². The Balaban J connectivity index is 1.71. The lowest BCUT2D eigenvalue weighted by Crippen LogP contribution is -2.32. The molecule has 1 saturated heterocycles. The van der Waals surface area contributed by atoms with Crippen molar-refractivity contribution in [2.75, 3.05) is 26.3 Å². The minimum absolute atomic E-state index is 0.294. The molecule has 0 amide bonds. The van der Waals surface area contributed by atoms with E-state index in [0.717, 1.165) is 5.69 Å². The van der Waals surface area contributed by atoms with Crippen LogP contribution in [0.25, 0.3) is 17.1 Å². The number of ether oxygens (including phenoxy) is 1. The molecular weight excluding hydrogens is 386 g/mol. The van der Waals surface area contributed by atoms with Crippen molar-refractivity contribution < 1.29 is 14.1 Å². The van der Waals surface area contributed by atoms with Gasteiger partial charge in [-0.15, -0.1) is 0 Å². The Morgan fingerprint density at radius 1 is 1.18 bits per heavy atom. The van der Waals surface area contributed by atoms with Crippen LogP contribution in [-0.2, 0) is 4.74 Å². The number of morpholine rings is 1. The van der Waals surface area contributed by atoms with Crippen molar-refractivity contribution in [2.45, 2.75) is 0 Å². The Kier molecular flexibility index (Phi) is 5.09. The lowest BCUT2D eigenvalue weighted by atomic mass is 10.2. The van der Waals surface area contributed by atoms with Crippen LogP contribution in [-0.4, -0.2) is 52.2 Å².